The molecule has 0 bridgehead atoms. The summed E-state index contributed by atoms with van der Waals surface area (Å²) in [5.41, 5.74) is 2.35. The van der Waals surface area contributed by atoms with E-state index in [9.17, 15) is 9.59 Å². The summed E-state index contributed by atoms with van der Waals surface area (Å²) < 4.78 is 0. The smallest absolute Gasteiger partial charge is 0.306 e. The first-order valence-corrected chi connectivity index (χ1v) is 9.25. The van der Waals surface area contributed by atoms with Gasteiger partial charge < -0.3 is 10.4 Å². The molecular weight excluding hydrogens is 326 g/mol. The normalized spacial score (nSPS) is 19.9. The molecule has 0 unspecified atom stereocenters. The van der Waals surface area contributed by atoms with Crippen LogP contribution < -0.4 is 5.32 Å². The van der Waals surface area contributed by atoms with Crippen LogP contribution in [0.3, 0.4) is 0 Å². The number of carbonyl (C=O) groups excluding carboxylic acids is 1. The Kier molecular flexibility index (Phi) is 6.05. The molecule has 1 amide bonds. The van der Waals surface area contributed by atoms with E-state index in [2.05, 4.69) is 29.6 Å². The topological polar surface area (TPSA) is 66.4 Å². The van der Waals surface area contributed by atoms with Crippen molar-refractivity contribution in [3.8, 4) is 0 Å². The molecule has 4 nitrogen and oxygen atoms in total. The fourth-order valence-corrected chi connectivity index (χ4v) is 3.75. The van der Waals surface area contributed by atoms with Crippen molar-refractivity contribution in [3.05, 3.63) is 71.8 Å². The van der Waals surface area contributed by atoms with Crippen molar-refractivity contribution in [2.24, 2.45) is 11.8 Å². The van der Waals surface area contributed by atoms with Gasteiger partial charge in [0.2, 0.25) is 5.91 Å². The van der Waals surface area contributed by atoms with E-state index < -0.39 is 5.97 Å². The van der Waals surface area contributed by atoms with Crippen molar-refractivity contribution >= 4 is 11.9 Å². The number of rotatable bonds is 6. The van der Waals surface area contributed by atoms with E-state index in [1.807, 2.05) is 36.4 Å². The maximum atomic E-state index is 12.6. The Morgan fingerprint density at radius 1 is 0.846 bits per heavy atom. The number of amides is 1. The zero-order valence-electron chi connectivity index (χ0n) is 14.8. The lowest BCUT2D eigenvalue weighted by Gasteiger charge is -2.26. The van der Waals surface area contributed by atoms with Crippen molar-refractivity contribution in [1.82, 2.24) is 5.32 Å². The minimum Gasteiger partial charge on any atom is -0.481 e. The summed E-state index contributed by atoms with van der Waals surface area (Å²) in [5, 5.41) is 12.2. The maximum Gasteiger partial charge on any atom is 0.306 e. The number of hydrogen-bond acceptors (Lipinski definition) is 2. The molecule has 0 aromatic heterocycles. The van der Waals surface area contributed by atoms with Crippen molar-refractivity contribution in [2.75, 3.05) is 6.54 Å². The average Bonchev–Trinajstić information content (AvgIpc) is 2.69. The zero-order chi connectivity index (χ0) is 18.4. The highest BCUT2D eigenvalue weighted by Gasteiger charge is 2.30. The molecule has 2 aromatic rings. The van der Waals surface area contributed by atoms with Gasteiger partial charge in [-0.25, -0.2) is 0 Å². The van der Waals surface area contributed by atoms with Crippen LogP contribution in [0.15, 0.2) is 60.7 Å². The van der Waals surface area contributed by atoms with E-state index in [0.29, 0.717) is 32.2 Å². The Morgan fingerprint density at radius 2 is 1.31 bits per heavy atom. The number of carboxylic acid groups (broad SMARTS) is 1. The summed E-state index contributed by atoms with van der Waals surface area (Å²) in [6.45, 7) is 0.547. The monoisotopic (exact) mass is 351 g/mol. The van der Waals surface area contributed by atoms with Gasteiger partial charge in [0.15, 0.2) is 0 Å². The molecule has 3 rings (SSSR count). The van der Waals surface area contributed by atoms with Gasteiger partial charge in [-0.2, -0.15) is 0 Å². The second-order valence-electron chi connectivity index (χ2n) is 7.01. The number of hydrogen-bond donors (Lipinski definition) is 2. The molecular formula is C22H25NO3. The summed E-state index contributed by atoms with van der Waals surface area (Å²) in [5.74, 6) is -0.947. The molecule has 26 heavy (non-hydrogen) atoms. The molecule has 0 spiro atoms. The second-order valence-corrected chi connectivity index (χ2v) is 7.01. The summed E-state index contributed by atoms with van der Waals surface area (Å²) in [7, 11) is 0. The molecule has 1 fully saturated rings. The minimum atomic E-state index is -0.739. The Hall–Kier alpha value is -2.62. The molecule has 4 heteroatoms. The van der Waals surface area contributed by atoms with Crippen LogP contribution in [0, 0.1) is 11.8 Å². The largest absolute Gasteiger partial charge is 0.481 e. The fourth-order valence-electron chi connectivity index (χ4n) is 3.75. The number of nitrogens with one attached hydrogen (secondary N) is 1. The molecule has 1 aliphatic rings. The number of aliphatic carboxylic acids is 1. The molecule has 0 saturated heterocycles. The highest BCUT2D eigenvalue weighted by Crippen LogP contribution is 2.29. The molecule has 2 aromatic carbocycles. The third-order valence-corrected chi connectivity index (χ3v) is 5.33. The first-order valence-electron chi connectivity index (χ1n) is 9.25. The van der Waals surface area contributed by atoms with E-state index in [0.717, 1.165) is 0 Å². The van der Waals surface area contributed by atoms with Crippen LogP contribution in [0.25, 0.3) is 0 Å². The van der Waals surface area contributed by atoms with E-state index >= 15 is 0 Å². The third kappa shape index (κ3) is 4.51. The van der Waals surface area contributed by atoms with E-state index in [1.54, 1.807) is 0 Å². The third-order valence-electron chi connectivity index (χ3n) is 5.33. The van der Waals surface area contributed by atoms with E-state index in [1.165, 1.54) is 11.1 Å². The van der Waals surface area contributed by atoms with Crippen LogP contribution in [0.1, 0.15) is 42.7 Å². The SMILES string of the molecule is O=C(O)C1CCC(C(=O)NCC(c2ccccc2)c2ccccc2)CC1. The fraction of sp³-hybridized carbons (Fsp3) is 0.364. The van der Waals surface area contributed by atoms with Crippen molar-refractivity contribution < 1.29 is 14.7 Å². The molecule has 0 aliphatic heterocycles. The number of benzene rings is 2. The number of carbonyl (C=O) groups is 2. The van der Waals surface area contributed by atoms with Crippen molar-refractivity contribution in [3.63, 3.8) is 0 Å². The minimum absolute atomic E-state index is 0.0469. The van der Waals surface area contributed by atoms with E-state index in [4.69, 9.17) is 5.11 Å². The van der Waals surface area contributed by atoms with Gasteiger partial charge in [0.25, 0.3) is 0 Å². The highest BCUT2D eigenvalue weighted by atomic mass is 16.4. The molecule has 0 heterocycles. The lowest BCUT2D eigenvalue weighted by molar-refractivity contribution is -0.144. The first kappa shape index (κ1) is 18.2. The summed E-state index contributed by atoms with van der Waals surface area (Å²) >= 11 is 0. The van der Waals surface area contributed by atoms with Gasteiger partial charge >= 0.3 is 5.97 Å². The lowest BCUT2D eigenvalue weighted by atomic mass is 9.81. The second kappa shape index (κ2) is 8.65. The molecule has 1 saturated carbocycles. The molecule has 0 atom stereocenters. The van der Waals surface area contributed by atoms with Crippen LogP contribution in [-0.4, -0.2) is 23.5 Å². The van der Waals surface area contributed by atoms with Crippen LogP contribution in [0.4, 0.5) is 0 Å². The van der Waals surface area contributed by atoms with Crippen LogP contribution in [-0.2, 0) is 9.59 Å². The Balaban J connectivity index is 1.63. The van der Waals surface area contributed by atoms with E-state index in [-0.39, 0.29) is 23.7 Å². The quantitative estimate of drug-likeness (QED) is 0.831. The van der Waals surface area contributed by atoms with Gasteiger partial charge in [0.1, 0.15) is 0 Å². The summed E-state index contributed by atoms with van der Waals surface area (Å²) in [6.07, 6.45) is 2.50. The van der Waals surface area contributed by atoms with Crippen LogP contribution in [0.2, 0.25) is 0 Å². The lowest BCUT2D eigenvalue weighted by Crippen LogP contribution is -2.36. The van der Waals surface area contributed by atoms with Gasteiger partial charge in [-0.05, 0) is 36.8 Å². The number of carboxylic acids is 1. The standard InChI is InChI=1S/C22H25NO3/c24-21(18-11-13-19(14-12-18)22(25)26)23-15-20(16-7-3-1-4-8-16)17-9-5-2-6-10-17/h1-10,18-20H,11-15H2,(H,23,24)(H,25,26). The molecule has 136 valence electrons. The average molecular weight is 351 g/mol. The first-order chi connectivity index (χ1) is 12.6. The van der Waals surface area contributed by atoms with Gasteiger partial charge in [-0.3, -0.25) is 9.59 Å². The Bertz CT molecular complexity index is 682. The van der Waals surface area contributed by atoms with Crippen LogP contribution >= 0.6 is 0 Å². The molecule has 1 aliphatic carbocycles. The zero-order valence-corrected chi connectivity index (χ0v) is 14.8. The Morgan fingerprint density at radius 3 is 1.77 bits per heavy atom. The van der Waals surface area contributed by atoms with Gasteiger partial charge in [-0.15, -0.1) is 0 Å². The predicted molar refractivity (Wildman–Crippen MR) is 101 cm³/mol. The van der Waals surface area contributed by atoms with Crippen LogP contribution in [0.5, 0.6) is 0 Å². The highest BCUT2D eigenvalue weighted by molar-refractivity contribution is 5.79. The Labute approximate surface area is 154 Å². The predicted octanol–water partition coefficient (Wildman–Crippen LogP) is 3.83. The molecule has 0 radical (unpaired) electrons. The summed E-state index contributed by atoms with van der Waals surface area (Å²) in [6, 6.07) is 20.4. The van der Waals surface area contributed by atoms with Gasteiger partial charge in [0.05, 0.1) is 5.92 Å². The van der Waals surface area contributed by atoms with Crippen molar-refractivity contribution in [2.45, 2.75) is 31.6 Å². The molecule has 2 N–H and O–H groups in total. The maximum absolute atomic E-state index is 12.6. The van der Waals surface area contributed by atoms with Gasteiger partial charge in [0, 0.05) is 18.4 Å². The van der Waals surface area contributed by atoms with Gasteiger partial charge in [-0.1, -0.05) is 60.7 Å². The van der Waals surface area contributed by atoms with Crippen molar-refractivity contribution in [1.29, 1.82) is 0 Å². The summed E-state index contributed by atoms with van der Waals surface area (Å²) in [4.78, 5) is 23.6.